The maximum atomic E-state index is 12.7. The van der Waals surface area contributed by atoms with Gasteiger partial charge in [0.25, 0.3) is 5.91 Å². The molecule has 0 saturated heterocycles. The average Bonchev–Trinajstić information content (AvgIpc) is 2.42. The molecule has 1 unspecified atom stereocenters. The fourth-order valence-electron chi connectivity index (χ4n) is 1.63. The van der Waals surface area contributed by atoms with Crippen LogP contribution < -0.4 is 5.32 Å². The van der Waals surface area contributed by atoms with Gasteiger partial charge in [0.1, 0.15) is 0 Å². The molecule has 3 nitrogen and oxygen atoms in total. The van der Waals surface area contributed by atoms with Crippen LogP contribution in [-0.2, 0) is 12.4 Å². The predicted octanol–water partition coefficient (Wildman–Crippen LogP) is 3.22. The molecule has 0 heterocycles. The predicted molar refractivity (Wildman–Crippen MR) is 65.1 cm³/mol. The standard InChI is InChI=1S/C13H13F6NO2/c1-2-10(6-21)20-11(22)7-3-8(12(14,15)16)5-9(4-7)13(17,18)19/h3-5,10,21H,2,6H2,1H3,(H,20,22). The van der Waals surface area contributed by atoms with E-state index in [-0.39, 0.29) is 12.5 Å². The third-order valence-corrected chi connectivity index (χ3v) is 2.90. The van der Waals surface area contributed by atoms with Gasteiger partial charge in [-0.2, -0.15) is 26.3 Å². The molecule has 9 heteroatoms. The summed E-state index contributed by atoms with van der Waals surface area (Å²) in [5, 5.41) is 11.1. The van der Waals surface area contributed by atoms with E-state index in [1.807, 2.05) is 0 Å². The summed E-state index contributed by atoms with van der Waals surface area (Å²) in [6, 6.07) is -0.125. The van der Waals surface area contributed by atoms with Crippen molar-refractivity contribution in [3.05, 3.63) is 34.9 Å². The lowest BCUT2D eigenvalue weighted by Crippen LogP contribution is -2.37. The van der Waals surface area contributed by atoms with Crippen molar-refractivity contribution in [3.8, 4) is 0 Å². The zero-order chi connectivity index (χ0) is 17.1. The van der Waals surface area contributed by atoms with Crippen molar-refractivity contribution >= 4 is 5.91 Å². The van der Waals surface area contributed by atoms with Gasteiger partial charge in [-0.05, 0) is 24.6 Å². The summed E-state index contributed by atoms with van der Waals surface area (Å²) in [4.78, 5) is 11.8. The number of hydrogen-bond acceptors (Lipinski definition) is 2. The summed E-state index contributed by atoms with van der Waals surface area (Å²) >= 11 is 0. The highest BCUT2D eigenvalue weighted by molar-refractivity contribution is 5.94. The molecule has 1 amide bonds. The number of hydrogen-bond donors (Lipinski definition) is 2. The Kier molecular flexibility index (Phi) is 5.44. The van der Waals surface area contributed by atoms with Crippen molar-refractivity contribution in [1.82, 2.24) is 5.32 Å². The highest BCUT2D eigenvalue weighted by Gasteiger charge is 2.37. The van der Waals surface area contributed by atoms with Gasteiger partial charge < -0.3 is 10.4 Å². The molecule has 124 valence electrons. The smallest absolute Gasteiger partial charge is 0.394 e. The number of alkyl halides is 6. The second-order valence-electron chi connectivity index (χ2n) is 4.56. The summed E-state index contributed by atoms with van der Waals surface area (Å²) in [5.74, 6) is -1.11. The van der Waals surface area contributed by atoms with Gasteiger partial charge in [-0.3, -0.25) is 4.79 Å². The molecule has 1 atom stereocenters. The molecule has 0 spiro atoms. The number of aliphatic hydroxyl groups is 1. The fraction of sp³-hybridized carbons (Fsp3) is 0.462. The van der Waals surface area contributed by atoms with Crippen molar-refractivity contribution in [2.24, 2.45) is 0 Å². The maximum Gasteiger partial charge on any atom is 0.416 e. The molecule has 0 aliphatic carbocycles. The minimum absolute atomic E-state index is 0.0554. The van der Waals surface area contributed by atoms with Gasteiger partial charge in [-0.25, -0.2) is 0 Å². The molecular weight excluding hydrogens is 316 g/mol. The van der Waals surface area contributed by atoms with Gasteiger partial charge in [0.15, 0.2) is 0 Å². The molecule has 22 heavy (non-hydrogen) atoms. The number of aliphatic hydroxyl groups excluding tert-OH is 1. The van der Waals surface area contributed by atoms with Crippen LogP contribution in [0.1, 0.15) is 34.8 Å². The molecule has 0 fully saturated rings. The summed E-state index contributed by atoms with van der Waals surface area (Å²) in [5.41, 5.74) is -3.90. The Balaban J connectivity index is 3.27. The summed E-state index contributed by atoms with van der Waals surface area (Å²) in [6.07, 6.45) is -9.76. The van der Waals surface area contributed by atoms with E-state index in [1.54, 1.807) is 6.92 Å². The Labute approximate surface area is 121 Å². The third kappa shape index (κ3) is 4.62. The van der Waals surface area contributed by atoms with Gasteiger partial charge >= 0.3 is 12.4 Å². The van der Waals surface area contributed by atoms with Crippen LogP contribution in [0.5, 0.6) is 0 Å². The topological polar surface area (TPSA) is 49.3 Å². The molecule has 0 aliphatic heterocycles. The Morgan fingerprint density at radius 1 is 1.09 bits per heavy atom. The molecule has 0 aliphatic rings. The van der Waals surface area contributed by atoms with E-state index in [4.69, 9.17) is 5.11 Å². The van der Waals surface area contributed by atoms with E-state index in [2.05, 4.69) is 5.32 Å². The Hall–Kier alpha value is -1.77. The quantitative estimate of drug-likeness (QED) is 0.834. The van der Waals surface area contributed by atoms with E-state index in [0.717, 1.165) is 0 Å². The maximum absolute atomic E-state index is 12.7. The molecule has 0 saturated carbocycles. The molecule has 1 rings (SSSR count). The van der Waals surface area contributed by atoms with Gasteiger partial charge in [0.2, 0.25) is 0 Å². The second-order valence-corrected chi connectivity index (χ2v) is 4.56. The van der Waals surface area contributed by atoms with Crippen LogP contribution in [0.25, 0.3) is 0 Å². The van der Waals surface area contributed by atoms with Crippen LogP contribution >= 0.6 is 0 Å². The first-order valence-electron chi connectivity index (χ1n) is 6.20. The molecule has 0 radical (unpaired) electrons. The fourth-order valence-corrected chi connectivity index (χ4v) is 1.63. The van der Waals surface area contributed by atoms with Gasteiger partial charge in [-0.15, -0.1) is 0 Å². The number of amides is 1. The second kappa shape index (κ2) is 6.55. The lowest BCUT2D eigenvalue weighted by atomic mass is 10.0. The molecule has 2 N–H and O–H groups in total. The number of benzene rings is 1. The van der Waals surface area contributed by atoms with Crippen molar-refractivity contribution < 1.29 is 36.2 Å². The zero-order valence-corrected chi connectivity index (χ0v) is 11.3. The number of carbonyl (C=O) groups is 1. The number of halogens is 6. The van der Waals surface area contributed by atoms with Crippen molar-refractivity contribution in [2.45, 2.75) is 31.7 Å². The first-order chi connectivity index (χ1) is 9.98. The van der Waals surface area contributed by atoms with E-state index >= 15 is 0 Å². The summed E-state index contributed by atoms with van der Waals surface area (Å²) in [6.45, 7) is 1.11. The Morgan fingerprint density at radius 2 is 1.55 bits per heavy atom. The summed E-state index contributed by atoms with van der Waals surface area (Å²) < 4.78 is 75.9. The highest BCUT2D eigenvalue weighted by atomic mass is 19.4. The Morgan fingerprint density at radius 3 is 1.86 bits per heavy atom. The number of rotatable bonds is 4. The first kappa shape index (κ1) is 18.3. The van der Waals surface area contributed by atoms with Crippen LogP contribution in [0, 0.1) is 0 Å². The minimum atomic E-state index is -5.02. The normalized spacial score (nSPS) is 13.8. The van der Waals surface area contributed by atoms with Crippen molar-refractivity contribution in [2.75, 3.05) is 6.61 Å². The van der Waals surface area contributed by atoms with E-state index in [1.165, 1.54) is 0 Å². The monoisotopic (exact) mass is 329 g/mol. The largest absolute Gasteiger partial charge is 0.416 e. The molecule has 0 aromatic heterocycles. The van der Waals surface area contributed by atoms with Crippen LogP contribution in [0.2, 0.25) is 0 Å². The van der Waals surface area contributed by atoms with E-state index in [0.29, 0.717) is 12.1 Å². The Bertz CT molecular complexity index is 502. The molecule has 1 aromatic carbocycles. The van der Waals surface area contributed by atoms with Crippen molar-refractivity contribution in [1.29, 1.82) is 0 Å². The third-order valence-electron chi connectivity index (χ3n) is 2.90. The van der Waals surface area contributed by atoms with Crippen LogP contribution in [-0.4, -0.2) is 23.7 Å². The highest BCUT2D eigenvalue weighted by Crippen LogP contribution is 2.36. The van der Waals surface area contributed by atoms with Crippen molar-refractivity contribution in [3.63, 3.8) is 0 Å². The van der Waals surface area contributed by atoms with Gasteiger partial charge in [0, 0.05) is 5.56 Å². The lowest BCUT2D eigenvalue weighted by Gasteiger charge is -2.17. The van der Waals surface area contributed by atoms with Crippen LogP contribution in [0.3, 0.4) is 0 Å². The average molecular weight is 329 g/mol. The van der Waals surface area contributed by atoms with Crippen LogP contribution in [0.15, 0.2) is 18.2 Å². The van der Waals surface area contributed by atoms with E-state index < -0.39 is 47.6 Å². The molecule has 0 bridgehead atoms. The zero-order valence-electron chi connectivity index (χ0n) is 11.3. The molecular formula is C13H13F6NO2. The number of carbonyl (C=O) groups excluding carboxylic acids is 1. The minimum Gasteiger partial charge on any atom is -0.394 e. The summed E-state index contributed by atoms with van der Waals surface area (Å²) in [7, 11) is 0. The van der Waals surface area contributed by atoms with Crippen LogP contribution in [0.4, 0.5) is 26.3 Å². The van der Waals surface area contributed by atoms with Gasteiger partial charge in [0.05, 0.1) is 23.8 Å². The van der Waals surface area contributed by atoms with Gasteiger partial charge in [-0.1, -0.05) is 6.92 Å². The lowest BCUT2D eigenvalue weighted by molar-refractivity contribution is -0.143. The molecule has 1 aromatic rings. The van der Waals surface area contributed by atoms with E-state index in [9.17, 15) is 31.1 Å². The SMILES string of the molecule is CCC(CO)NC(=O)c1cc(C(F)(F)F)cc(C(F)(F)F)c1. The first-order valence-corrected chi connectivity index (χ1v) is 6.20. The number of nitrogens with one attached hydrogen (secondary N) is 1.